The highest BCUT2D eigenvalue weighted by Crippen LogP contribution is 2.12. The Bertz CT molecular complexity index is 170. The second-order valence-corrected chi connectivity index (χ2v) is 4.92. The molecule has 0 aromatic rings. The van der Waals surface area contributed by atoms with Crippen molar-refractivity contribution in [1.82, 2.24) is 9.80 Å². The smallest absolute Gasteiger partial charge is 0.0195 e. The van der Waals surface area contributed by atoms with Gasteiger partial charge in [-0.2, -0.15) is 0 Å². The monoisotopic (exact) mass is 213 g/mol. The Morgan fingerprint density at radius 3 is 2.67 bits per heavy atom. The van der Waals surface area contributed by atoms with Gasteiger partial charge in [0, 0.05) is 32.2 Å². The predicted molar refractivity (Wildman–Crippen MR) is 66.0 cm³/mol. The molecule has 0 bridgehead atoms. The van der Waals surface area contributed by atoms with Gasteiger partial charge in [-0.05, 0) is 32.4 Å². The maximum absolute atomic E-state index is 5.58. The van der Waals surface area contributed by atoms with Gasteiger partial charge in [-0.25, -0.2) is 0 Å². The lowest BCUT2D eigenvalue weighted by molar-refractivity contribution is 0.0782. The zero-order valence-corrected chi connectivity index (χ0v) is 10.6. The van der Waals surface area contributed by atoms with Gasteiger partial charge < -0.3 is 10.6 Å². The van der Waals surface area contributed by atoms with Crippen molar-refractivity contribution in [3.8, 4) is 0 Å². The van der Waals surface area contributed by atoms with Crippen LogP contribution in [0.25, 0.3) is 0 Å². The second kappa shape index (κ2) is 6.46. The molecule has 15 heavy (non-hydrogen) atoms. The van der Waals surface area contributed by atoms with Crippen molar-refractivity contribution >= 4 is 0 Å². The van der Waals surface area contributed by atoms with E-state index in [0.717, 1.165) is 18.9 Å². The second-order valence-electron chi connectivity index (χ2n) is 4.92. The summed E-state index contributed by atoms with van der Waals surface area (Å²) in [6.07, 6.45) is 1.16. The number of likely N-dealkylation sites (N-methyl/N-ethyl adjacent to an activating group) is 1. The van der Waals surface area contributed by atoms with Crippen LogP contribution in [-0.2, 0) is 0 Å². The number of hydrogen-bond acceptors (Lipinski definition) is 3. The van der Waals surface area contributed by atoms with Crippen LogP contribution in [0.4, 0.5) is 0 Å². The average molecular weight is 213 g/mol. The highest BCUT2D eigenvalue weighted by Gasteiger charge is 2.22. The fraction of sp³-hybridized carbons (Fsp3) is 1.00. The van der Waals surface area contributed by atoms with Crippen molar-refractivity contribution in [2.75, 3.05) is 39.3 Å². The van der Waals surface area contributed by atoms with Gasteiger partial charge in [-0.1, -0.05) is 13.8 Å². The molecular weight excluding hydrogens is 186 g/mol. The maximum Gasteiger partial charge on any atom is 0.0195 e. The molecule has 0 aliphatic carbocycles. The zero-order valence-electron chi connectivity index (χ0n) is 10.6. The summed E-state index contributed by atoms with van der Waals surface area (Å²) in [5.41, 5.74) is 5.58. The first-order valence-corrected chi connectivity index (χ1v) is 6.33. The first-order valence-electron chi connectivity index (χ1n) is 6.33. The minimum absolute atomic E-state index is 0.717. The van der Waals surface area contributed by atoms with Crippen LogP contribution in [0.15, 0.2) is 0 Å². The van der Waals surface area contributed by atoms with Gasteiger partial charge in [0.1, 0.15) is 0 Å². The third kappa shape index (κ3) is 4.09. The Balaban J connectivity index is 2.28. The molecule has 0 spiro atoms. The average Bonchev–Trinajstić information content (AvgIpc) is 2.18. The van der Waals surface area contributed by atoms with E-state index < -0.39 is 0 Å². The number of nitrogens with two attached hydrogens (primary N) is 1. The van der Waals surface area contributed by atoms with E-state index in [9.17, 15) is 0 Å². The Morgan fingerprint density at radius 2 is 2.13 bits per heavy atom. The molecule has 90 valence electrons. The number of rotatable bonds is 5. The van der Waals surface area contributed by atoms with Crippen LogP contribution in [-0.4, -0.2) is 55.1 Å². The van der Waals surface area contributed by atoms with Crippen molar-refractivity contribution in [2.45, 2.75) is 33.2 Å². The van der Waals surface area contributed by atoms with E-state index in [1.54, 1.807) is 0 Å². The molecule has 0 radical (unpaired) electrons. The molecule has 1 rings (SSSR count). The molecule has 0 amide bonds. The molecule has 2 unspecified atom stereocenters. The van der Waals surface area contributed by atoms with Gasteiger partial charge in [0.2, 0.25) is 0 Å². The van der Waals surface area contributed by atoms with Gasteiger partial charge in [0.25, 0.3) is 0 Å². The topological polar surface area (TPSA) is 32.5 Å². The molecule has 0 aromatic carbocycles. The molecule has 1 fully saturated rings. The van der Waals surface area contributed by atoms with Crippen LogP contribution in [0, 0.1) is 5.92 Å². The molecule has 0 saturated carbocycles. The van der Waals surface area contributed by atoms with Crippen molar-refractivity contribution in [3.05, 3.63) is 0 Å². The quantitative estimate of drug-likeness (QED) is 0.739. The van der Waals surface area contributed by atoms with E-state index in [2.05, 4.69) is 30.6 Å². The van der Waals surface area contributed by atoms with Crippen molar-refractivity contribution in [1.29, 1.82) is 0 Å². The van der Waals surface area contributed by atoms with Gasteiger partial charge in [-0.15, -0.1) is 0 Å². The third-order valence-electron chi connectivity index (χ3n) is 3.48. The highest BCUT2D eigenvalue weighted by molar-refractivity contribution is 4.79. The lowest BCUT2D eigenvalue weighted by Crippen LogP contribution is -2.52. The predicted octanol–water partition coefficient (Wildman–Crippen LogP) is 0.997. The summed E-state index contributed by atoms with van der Waals surface area (Å²) in [5, 5.41) is 0. The van der Waals surface area contributed by atoms with E-state index >= 15 is 0 Å². The summed E-state index contributed by atoms with van der Waals surface area (Å²) < 4.78 is 0. The normalized spacial score (nSPS) is 26.8. The summed E-state index contributed by atoms with van der Waals surface area (Å²) in [5.74, 6) is 0.746. The summed E-state index contributed by atoms with van der Waals surface area (Å²) in [7, 11) is 0. The van der Waals surface area contributed by atoms with Gasteiger partial charge >= 0.3 is 0 Å². The van der Waals surface area contributed by atoms with Crippen LogP contribution < -0.4 is 5.73 Å². The summed E-state index contributed by atoms with van der Waals surface area (Å²) in [4.78, 5) is 5.15. The van der Waals surface area contributed by atoms with E-state index in [-0.39, 0.29) is 0 Å². The fourth-order valence-corrected chi connectivity index (χ4v) is 2.52. The SMILES string of the molecule is CCN1CCN(CC(C)CCN)CC1C. The number of piperazine rings is 1. The fourth-order valence-electron chi connectivity index (χ4n) is 2.52. The first-order chi connectivity index (χ1) is 7.17. The van der Waals surface area contributed by atoms with Crippen LogP contribution in [0.3, 0.4) is 0 Å². The van der Waals surface area contributed by atoms with Gasteiger partial charge in [-0.3, -0.25) is 4.90 Å². The molecule has 1 heterocycles. The Morgan fingerprint density at radius 1 is 1.40 bits per heavy atom. The third-order valence-corrected chi connectivity index (χ3v) is 3.48. The molecule has 1 saturated heterocycles. The van der Waals surface area contributed by atoms with E-state index in [4.69, 9.17) is 5.73 Å². The minimum atomic E-state index is 0.717. The van der Waals surface area contributed by atoms with Crippen LogP contribution in [0.5, 0.6) is 0 Å². The molecule has 2 atom stereocenters. The van der Waals surface area contributed by atoms with Crippen molar-refractivity contribution in [3.63, 3.8) is 0 Å². The van der Waals surface area contributed by atoms with E-state index in [1.165, 1.54) is 32.7 Å². The Hall–Kier alpha value is -0.120. The maximum atomic E-state index is 5.58. The Labute approximate surface area is 94.6 Å². The number of hydrogen-bond donors (Lipinski definition) is 1. The molecule has 1 aliphatic heterocycles. The van der Waals surface area contributed by atoms with Crippen LogP contribution >= 0.6 is 0 Å². The van der Waals surface area contributed by atoms with Crippen LogP contribution in [0.1, 0.15) is 27.2 Å². The highest BCUT2D eigenvalue weighted by atomic mass is 15.3. The molecule has 0 aromatic heterocycles. The lowest BCUT2D eigenvalue weighted by atomic mass is 10.1. The largest absolute Gasteiger partial charge is 0.330 e. The lowest BCUT2D eigenvalue weighted by Gasteiger charge is -2.40. The van der Waals surface area contributed by atoms with Crippen molar-refractivity contribution < 1.29 is 0 Å². The van der Waals surface area contributed by atoms with Gasteiger partial charge in [0.05, 0.1) is 0 Å². The molecule has 3 nitrogen and oxygen atoms in total. The summed E-state index contributed by atoms with van der Waals surface area (Å²) in [6.45, 7) is 13.8. The van der Waals surface area contributed by atoms with E-state index in [0.29, 0.717) is 6.04 Å². The standard InChI is InChI=1S/C12H27N3/c1-4-15-8-7-14(10-12(15)3)9-11(2)5-6-13/h11-12H,4-10,13H2,1-3H3. The van der Waals surface area contributed by atoms with Gasteiger partial charge in [0.15, 0.2) is 0 Å². The zero-order chi connectivity index (χ0) is 11.3. The van der Waals surface area contributed by atoms with Crippen LogP contribution in [0.2, 0.25) is 0 Å². The summed E-state index contributed by atoms with van der Waals surface area (Å²) >= 11 is 0. The molecular formula is C12H27N3. The number of nitrogens with zero attached hydrogens (tertiary/aromatic N) is 2. The van der Waals surface area contributed by atoms with E-state index in [1.807, 2.05) is 0 Å². The van der Waals surface area contributed by atoms with Crippen molar-refractivity contribution in [2.24, 2.45) is 11.7 Å². The minimum Gasteiger partial charge on any atom is -0.330 e. The molecule has 3 heteroatoms. The molecule has 1 aliphatic rings. The molecule has 2 N–H and O–H groups in total. The first kappa shape index (κ1) is 12.9. The Kier molecular flexibility index (Phi) is 5.58. The summed E-state index contributed by atoms with van der Waals surface area (Å²) in [6, 6.07) is 0.717.